The van der Waals surface area contributed by atoms with E-state index in [0.717, 1.165) is 21.5 Å². The van der Waals surface area contributed by atoms with Gasteiger partial charge in [-0.25, -0.2) is 8.42 Å². The number of phenols is 1. The number of carbonyl (C=O) groups is 1. The minimum atomic E-state index is -3.09. The molecule has 0 amide bonds. The van der Waals surface area contributed by atoms with Crippen LogP contribution >= 0.6 is 0 Å². The number of aromatic hydroxyl groups is 1. The van der Waals surface area contributed by atoms with Crippen LogP contribution in [0.2, 0.25) is 0 Å². The normalized spacial score (nSPS) is 11.0. The van der Waals surface area contributed by atoms with E-state index in [1.54, 1.807) is 18.2 Å². The molecule has 0 fully saturated rings. The SMILES string of the molecule is CS(=O)(=O)c1ccc2ccccc2c1.O=Cc1c(O)ccc2ccccc12. The second-order valence-electron chi connectivity index (χ2n) is 6.12. The summed E-state index contributed by atoms with van der Waals surface area (Å²) in [6.45, 7) is 0. The molecule has 0 aromatic heterocycles. The molecule has 0 bridgehead atoms. The minimum absolute atomic E-state index is 0.0358. The van der Waals surface area contributed by atoms with E-state index in [2.05, 4.69) is 0 Å². The predicted molar refractivity (Wildman–Crippen MR) is 108 cm³/mol. The van der Waals surface area contributed by atoms with Gasteiger partial charge in [-0.05, 0) is 39.7 Å². The quantitative estimate of drug-likeness (QED) is 0.518. The first-order chi connectivity index (χ1) is 12.9. The van der Waals surface area contributed by atoms with Gasteiger partial charge < -0.3 is 5.11 Å². The third-order valence-electron chi connectivity index (χ3n) is 4.21. The topological polar surface area (TPSA) is 71.4 Å². The molecule has 0 atom stereocenters. The van der Waals surface area contributed by atoms with Gasteiger partial charge in [-0.15, -0.1) is 0 Å². The number of fused-ring (bicyclic) bond motifs is 2. The Kier molecular flexibility index (Phi) is 5.23. The van der Waals surface area contributed by atoms with Gasteiger partial charge in [0.25, 0.3) is 0 Å². The largest absolute Gasteiger partial charge is 0.507 e. The average Bonchev–Trinajstić information content (AvgIpc) is 2.67. The molecule has 0 saturated carbocycles. The van der Waals surface area contributed by atoms with Crippen molar-refractivity contribution in [1.29, 1.82) is 0 Å². The summed E-state index contributed by atoms with van der Waals surface area (Å²) in [4.78, 5) is 11.1. The Labute approximate surface area is 157 Å². The van der Waals surface area contributed by atoms with E-state index in [-0.39, 0.29) is 5.75 Å². The highest BCUT2D eigenvalue weighted by Gasteiger charge is 2.06. The first-order valence-electron chi connectivity index (χ1n) is 8.25. The van der Waals surface area contributed by atoms with E-state index in [1.165, 1.54) is 12.3 Å². The van der Waals surface area contributed by atoms with E-state index in [0.29, 0.717) is 16.7 Å². The van der Waals surface area contributed by atoms with Crippen LogP contribution in [-0.2, 0) is 9.84 Å². The number of carbonyl (C=O) groups excluding carboxylic acids is 1. The standard InChI is InChI=1S/C11H10O2S.C11H8O2/c1-14(12,13)11-7-6-9-4-2-3-5-10(9)8-11;12-7-10-9-4-2-1-3-8(9)5-6-11(10)13/h2-8H,1H3;1-7,13H. The number of benzene rings is 4. The zero-order valence-electron chi connectivity index (χ0n) is 14.7. The number of rotatable bonds is 2. The number of hydrogen-bond donors (Lipinski definition) is 1. The predicted octanol–water partition coefficient (Wildman–Crippen LogP) is 4.60. The molecule has 0 heterocycles. The molecule has 27 heavy (non-hydrogen) atoms. The summed E-state index contributed by atoms with van der Waals surface area (Å²) >= 11 is 0. The second kappa shape index (κ2) is 7.60. The molecule has 0 saturated heterocycles. The summed E-state index contributed by atoms with van der Waals surface area (Å²) in [5.41, 5.74) is 0.359. The van der Waals surface area contributed by atoms with E-state index in [9.17, 15) is 18.3 Å². The maximum Gasteiger partial charge on any atom is 0.175 e. The lowest BCUT2D eigenvalue weighted by Crippen LogP contribution is -1.96. The molecule has 0 unspecified atom stereocenters. The number of hydrogen-bond acceptors (Lipinski definition) is 4. The van der Waals surface area contributed by atoms with Gasteiger partial charge in [0.05, 0.1) is 10.5 Å². The third kappa shape index (κ3) is 4.15. The van der Waals surface area contributed by atoms with Crippen LogP contribution in [0.3, 0.4) is 0 Å². The minimum Gasteiger partial charge on any atom is -0.507 e. The van der Waals surface area contributed by atoms with Gasteiger partial charge in [0.1, 0.15) is 5.75 Å². The molecule has 1 N–H and O–H groups in total. The van der Waals surface area contributed by atoms with Crippen LogP contribution in [0.4, 0.5) is 0 Å². The zero-order chi connectivity index (χ0) is 19.4. The summed E-state index contributed by atoms with van der Waals surface area (Å²) < 4.78 is 22.6. The van der Waals surface area contributed by atoms with Crippen LogP contribution in [-0.4, -0.2) is 26.1 Å². The Morgan fingerprint density at radius 1 is 0.778 bits per heavy atom. The van der Waals surface area contributed by atoms with Crippen LogP contribution in [0.25, 0.3) is 21.5 Å². The van der Waals surface area contributed by atoms with Crippen molar-refractivity contribution in [2.24, 2.45) is 0 Å². The first-order valence-corrected chi connectivity index (χ1v) is 10.1. The molecular formula is C22H18O4S. The molecule has 4 rings (SSSR count). The summed E-state index contributed by atoms with van der Waals surface area (Å²) in [6, 6.07) is 23.6. The average molecular weight is 378 g/mol. The van der Waals surface area contributed by atoms with Crippen molar-refractivity contribution >= 4 is 37.7 Å². The summed E-state index contributed by atoms with van der Waals surface area (Å²) in [6.07, 6.45) is 1.90. The van der Waals surface area contributed by atoms with Crippen LogP contribution < -0.4 is 0 Å². The van der Waals surface area contributed by atoms with Crippen LogP contribution in [0.1, 0.15) is 10.4 Å². The lowest BCUT2D eigenvalue weighted by Gasteiger charge is -2.01. The molecule has 0 aliphatic rings. The highest BCUT2D eigenvalue weighted by atomic mass is 32.2. The van der Waals surface area contributed by atoms with Gasteiger partial charge in [-0.3, -0.25) is 4.79 Å². The van der Waals surface area contributed by atoms with E-state index < -0.39 is 9.84 Å². The molecule has 0 radical (unpaired) electrons. The van der Waals surface area contributed by atoms with E-state index in [4.69, 9.17) is 0 Å². The van der Waals surface area contributed by atoms with Gasteiger partial charge >= 0.3 is 0 Å². The summed E-state index contributed by atoms with van der Waals surface area (Å²) in [7, 11) is -3.09. The van der Waals surface area contributed by atoms with Crippen molar-refractivity contribution in [3.63, 3.8) is 0 Å². The Hall–Kier alpha value is -3.18. The molecule has 136 valence electrons. The molecule has 0 spiro atoms. The molecule has 0 aliphatic carbocycles. The van der Waals surface area contributed by atoms with Gasteiger partial charge in [-0.2, -0.15) is 0 Å². The maximum absolute atomic E-state index is 11.3. The zero-order valence-corrected chi connectivity index (χ0v) is 15.5. The third-order valence-corrected chi connectivity index (χ3v) is 5.32. The fourth-order valence-corrected chi connectivity index (χ4v) is 3.46. The Balaban J connectivity index is 0.000000156. The monoisotopic (exact) mass is 378 g/mol. The highest BCUT2D eigenvalue weighted by molar-refractivity contribution is 7.90. The summed E-state index contributed by atoms with van der Waals surface area (Å²) in [5, 5.41) is 13.1. The molecule has 5 heteroatoms. The smallest absolute Gasteiger partial charge is 0.175 e. The van der Waals surface area contributed by atoms with Crippen LogP contribution in [0, 0.1) is 0 Å². The molecular weight excluding hydrogens is 360 g/mol. The Bertz CT molecular complexity index is 1230. The van der Waals surface area contributed by atoms with Crippen LogP contribution in [0.5, 0.6) is 5.75 Å². The lowest BCUT2D eigenvalue weighted by molar-refractivity contribution is 0.112. The van der Waals surface area contributed by atoms with Crippen molar-refractivity contribution in [3.8, 4) is 5.75 Å². The number of aldehydes is 1. The van der Waals surface area contributed by atoms with Gasteiger partial charge in [0.2, 0.25) is 0 Å². The van der Waals surface area contributed by atoms with Crippen LogP contribution in [0.15, 0.2) is 83.8 Å². The van der Waals surface area contributed by atoms with E-state index in [1.807, 2.05) is 54.6 Å². The second-order valence-corrected chi connectivity index (χ2v) is 8.13. The number of phenolic OH excluding ortho intramolecular Hbond substituents is 1. The summed E-state index contributed by atoms with van der Waals surface area (Å²) in [5.74, 6) is 0.0358. The van der Waals surface area contributed by atoms with E-state index >= 15 is 0 Å². The van der Waals surface area contributed by atoms with Crippen molar-refractivity contribution in [3.05, 3.63) is 84.4 Å². The van der Waals surface area contributed by atoms with Crippen molar-refractivity contribution in [2.45, 2.75) is 4.90 Å². The highest BCUT2D eigenvalue weighted by Crippen LogP contribution is 2.25. The Morgan fingerprint density at radius 2 is 1.37 bits per heavy atom. The maximum atomic E-state index is 11.3. The first kappa shape index (κ1) is 18.6. The van der Waals surface area contributed by atoms with Gasteiger partial charge in [0.15, 0.2) is 16.1 Å². The fraction of sp³-hybridized carbons (Fsp3) is 0.0455. The molecule has 4 aromatic rings. The number of sulfone groups is 1. The van der Waals surface area contributed by atoms with Crippen molar-refractivity contribution in [2.75, 3.05) is 6.26 Å². The van der Waals surface area contributed by atoms with Gasteiger partial charge in [0, 0.05) is 6.26 Å². The fourth-order valence-electron chi connectivity index (χ4n) is 2.81. The van der Waals surface area contributed by atoms with Gasteiger partial charge in [-0.1, -0.05) is 60.7 Å². The molecule has 0 aliphatic heterocycles. The van der Waals surface area contributed by atoms with Crippen molar-refractivity contribution in [1.82, 2.24) is 0 Å². The Morgan fingerprint density at radius 3 is 2.04 bits per heavy atom. The lowest BCUT2D eigenvalue weighted by atomic mass is 10.0. The molecule has 4 aromatic carbocycles. The van der Waals surface area contributed by atoms with Crippen molar-refractivity contribution < 1.29 is 18.3 Å². The molecule has 4 nitrogen and oxygen atoms in total.